The predicted molar refractivity (Wildman–Crippen MR) is 63.4 cm³/mol. The SMILES string of the molecule is Ic1cccc(-c2c[c]ccc2)c1. The lowest BCUT2D eigenvalue weighted by Crippen LogP contribution is -1.77. The quantitative estimate of drug-likeness (QED) is 0.697. The van der Waals surface area contributed by atoms with Crippen molar-refractivity contribution in [3.63, 3.8) is 0 Å². The summed E-state index contributed by atoms with van der Waals surface area (Å²) in [6, 6.07) is 19.6. The summed E-state index contributed by atoms with van der Waals surface area (Å²) in [5, 5.41) is 0. The van der Waals surface area contributed by atoms with E-state index in [9.17, 15) is 0 Å². The Hall–Kier alpha value is -0.830. The Labute approximate surface area is 91.8 Å². The van der Waals surface area contributed by atoms with Crippen LogP contribution in [0.25, 0.3) is 11.1 Å². The Morgan fingerprint density at radius 2 is 1.85 bits per heavy atom. The van der Waals surface area contributed by atoms with E-state index < -0.39 is 0 Å². The molecule has 0 saturated carbocycles. The lowest BCUT2D eigenvalue weighted by molar-refractivity contribution is 1.58. The fourth-order valence-electron chi connectivity index (χ4n) is 1.24. The van der Waals surface area contributed by atoms with Crippen LogP contribution in [0.15, 0.2) is 48.5 Å². The first-order valence-electron chi connectivity index (χ1n) is 4.08. The van der Waals surface area contributed by atoms with E-state index in [1.54, 1.807) is 0 Å². The summed E-state index contributed by atoms with van der Waals surface area (Å²) in [4.78, 5) is 0. The standard InChI is InChI=1S/C12H8I/c13-12-8-4-7-11(9-12)10-5-2-1-3-6-10/h1-2,4-9H. The molecule has 2 aromatic rings. The Balaban J connectivity index is 2.48. The highest BCUT2D eigenvalue weighted by Crippen LogP contribution is 2.20. The van der Waals surface area contributed by atoms with E-state index in [-0.39, 0.29) is 0 Å². The number of halogens is 1. The molecule has 0 bridgehead atoms. The molecule has 0 atom stereocenters. The summed E-state index contributed by atoms with van der Waals surface area (Å²) in [6.45, 7) is 0. The van der Waals surface area contributed by atoms with Crippen LogP contribution in [0.1, 0.15) is 0 Å². The van der Waals surface area contributed by atoms with Gasteiger partial charge >= 0.3 is 0 Å². The second kappa shape index (κ2) is 3.92. The molecule has 2 rings (SSSR count). The second-order valence-corrected chi connectivity index (χ2v) is 4.05. The molecule has 63 valence electrons. The summed E-state index contributed by atoms with van der Waals surface area (Å²) in [5.74, 6) is 0. The molecule has 0 aliphatic rings. The van der Waals surface area contributed by atoms with Gasteiger partial charge in [0.1, 0.15) is 0 Å². The molecule has 0 heterocycles. The highest BCUT2D eigenvalue weighted by atomic mass is 127. The predicted octanol–water partition coefficient (Wildman–Crippen LogP) is 3.76. The van der Waals surface area contributed by atoms with Gasteiger partial charge in [0, 0.05) is 3.57 Å². The van der Waals surface area contributed by atoms with Crippen molar-refractivity contribution in [2.24, 2.45) is 0 Å². The van der Waals surface area contributed by atoms with E-state index in [4.69, 9.17) is 0 Å². The molecule has 0 aromatic heterocycles. The zero-order valence-electron chi connectivity index (χ0n) is 7.00. The van der Waals surface area contributed by atoms with Crippen LogP contribution in [-0.2, 0) is 0 Å². The number of hydrogen-bond donors (Lipinski definition) is 0. The second-order valence-electron chi connectivity index (χ2n) is 2.80. The number of hydrogen-bond acceptors (Lipinski definition) is 0. The van der Waals surface area contributed by atoms with E-state index in [0.717, 1.165) is 0 Å². The zero-order valence-corrected chi connectivity index (χ0v) is 9.15. The maximum absolute atomic E-state index is 3.08. The molecule has 0 unspecified atom stereocenters. The van der Waals surface area contributed by atoms with Crippen LogP contribution in [-0.4, -0.2) is 0 Å². The molecular weight excluding hydrogens is 271 g/mol. The topological polar surface area (TPSA) is 0 Å². The molecule has 2 aromatic carbocycles. The van der Waals surface area contributed by atoms with E-state index in [1.165, 1.54) is 14.7 Å². The Morgan fingerprint density at radius 1 is 1.00 bits per heavy atom. The fourth-order valence-corrected chi connectivity index (χ4v) is 1.78. The minimum absolute atomic E-state index is 1.22. The minimum atomic E-state index is 1.22. The van der Waals surface area contributed by atoms with Crippen molar-refractivity contribution in [3.05, 3.63) is 58.2 Å². The highest BCUT2D eigenvalue weighted by Gasteiger charge is 1.95. The normalized spacial score (nSPS) is 9.92. The van der Waals surface area contributed by atoms with Crippen molar-refractivity contribution >= 4 is 22.6 Å². The monoisotopic (exact) mass is 279 g/mol. The molecular formula is C12H8I. The van der Waals surface area contributed by atoms with Crippen LogP contribution in [0, 0.1) is 9.64 Å². The average molecular weight is 279 g/mol. The molecule has 0 spiro atoms. The van der Waals surface area contributed by atoms with E-state index >= 15 is 0 Å². The van der Waals surface area contributed by atoms with Crippen LogP contribution in [0.5, 0.6) is 0 Å². The maximum atomic E-state index is 3.08. The highest BCUT2D eigenvalue weighted by molar-refractivity contribution is 14.1. The molecule has 0 aliphatic heterocycles. The summed E-state index contributed by atoms with van der Waals surface area (Å²) < 4.78 is 1.26. The summed E-state index contributed by atoms with van der Waals surface area (Å²) in [6.07, 6.45) is 0. The maximum Gasteiger partial charge on any atom is 0.0136 e. The van der Waals surface area contributed by atoms with Gasteiger partial charge in [-0.05, 0) is 58.0 Å². The lowest BCUT2D eigenvalue weighted by Gasteiger charge is -2.00. The first kappa shape index (κ1) is 8.75. The van der Waals surface area contributed by atoms with Gasteiger partial charge in [-0.1, -0.05) is 30.3 Å². The van der Waals surface area contributed by atoms with Gasteiger partial charge in [0.2, 0.25) is 0 Å². The molecule has 1 radical (unpaired) electrons. The third kappa shape index (κ3) is 2.10. The minimum Gasteiger partial charge on any atom is -0.0610 e. The van der Waals surface area contributed by atoms with Gasteiger partial charge in [0.25, 0.3) is 0 Å². The van der Waals surface area contributed by atoms with Crippen molar-refractivity contribution in [2.45, 2.75) is 0 Å². The summed E-state index contributed by atoms with van der Waals surface area (Å²) in [7, 11) is 0. The molecule has 0 saturated heterocycles. The van der Waals surface area contributed by atoms with Crippen LogP contribution in [0.3, 0.4) is 0 Å². The smallest absolute Gasteiger partial charge is 0.0136 e. The Bertz CT molecular complexity index is 393. The summed E-state index contributed by atoms with van der Waals surface area (Å²) in [5.41, 5.74) is 2.48. The lowest BCUT2D eigenvalue weighted by atomic mass is 10.1. The number of rotatable bonds is 1. The van der Waals surface area contributed by atoms with Crippen LogP contribution in [0.4, 0.5) is 0 Å². The van der Waals surface area contributed by atoms with Crippen LogP contribution >= 0.6 is 22.6 Å². The molecule has 0 amide bonds. The van der Waals surface area contributed by atoms with Gasteiger partial charge in [0.15, 0.2) is 0 Å². The van der Waals surface area contributed by atoms with E-state index in [2.05, 4.69) is 59.0 Å². The largest absolute Gasteiger partial charge is 0.0610 e. The molecule has 0 nitrogen and oxygen atoms in total. The van der Waals surface area contributed by atoms with Crippen molar-refractivity contribution in [1.82, 2.24) is 0 Å². The zero-order chi connectivity index (χ0) is 9.10. The molecule has 1 heteroatoms. The van der Waals surface area contributed by atoms with Gasteiger partial charge < -0.3 is 0 Å². The van der Waals surface area contributed by atoms with E-state index in [0.29, 0.717) is 0 Å². The van der Waals surface area contributed by atoms with Crippen molar-refractivity contribution in [2.75, 3.05) is 0 Å². The van der Waals surface area contributed by atoms with Crippen LogP contribution in [0.2, 0.25) is 0 Å². The van der Waals surface area contributed by atoms with Gasteiger partial charge in [-0.3, -0.25) is 0 Å². The van der Waals surface area contributed by atoms with Crippen molar-refractivity contribution in [3.8, 4) is 11.1 Å². The van der Waals surface area contributed by atoms with Gasteiger partial charge in [-0.2, -0.15) is 0 Å². The van der Waals surface area contributed by atoms with Crippen molar-refractivity contribution < 1.29 is 0 Å². The summed E-state index contributed by atoms with van der Waals surface area (Å²) >= 11 is 2.32. The average Bonchev–Trinajstić information content (AvgIpc) is 2.19. The third-order valence-corrected chi connectivity index (χ3v) is 2.54. The fraction of sp³-hybridized carbons (Fsp3) is 0. The molecule has 0 fully saturated rings. The van der Waals surface area contributed by atoms with Crippen LogP contribution < -0.4 is 0 Å². The first-order valence-corrected chi connectivity index (χ1v) is 5.16. The molecule has 13 heavy (non-hydrogen) atoms. The van der Waals surface area contributed by atoms with Gasteiger partial charge in [-0.15, -0.1) is 0 Å². The van der Waals surface area contributed by atoms with Gasteiger partial charge in [-0.25, -0.2) is 0 Å². The molecule has 0 N–H and O–H groups in total. The van der Waals surface area contributed by atoms with E-state index in [1.807, 2.05) is 18.2 Å². The molecule has 0 aliphatic carbocycles. The third-order valence-electron chi connectivity index (χ3n) is 1.87. The number of benzene rings is 2. The Morgan fingerprint density at radius 3 is 2.54 bits per heavy atom. The Kier molecular flexibility index (Phi) is 2.64. The van der Waals surface area contributed by atoms with Gasteiger partial charge in [0.05, 0.1) is 0 Å². The first-order chi connectivity index (χ1) is 6.36. The van der Waals surface area contributed by atoms with Crippen molar-refractivity contribution in [1.29, 1.82) is 0 Å².